The highest BCUT2D eigenvalue weighted by Crippen LogP contribution is 2.26. The molecule has 1 aliphatic heterocycles. The third-order valence-electron chi connectivity index (χ3n) is 4.33. The van der Waals surface area contributed by atoms with Gasteiger partial charge in [-0.15, -0.1) is 0 Å². The van der Waals surface area contributed by atoms with Crippen molar-refractivity contribution in [3.8, 4) is 0 Å². The van der Waals surface area contributed by atoms with Crippen LogP contribution in [0.1, 0.15) is 37.1 Å². The van der Waals surface area contributed by atoms with Crippen molar-refractivity contribution in [2.45, 2.75) is 46.2 Å². The summed E-state index contributed by atoms with van der Waals surface area (Å²) in [4.78, 5) is 11.5. The van der Waals surface area contributed by atoms with Gasteiger partial charge in [0, 0.05) is 35.9 Å². The van der Waals surface area contributed by atoms with Crippen molar-refractivity contribution < 1.29 is 0 Å². The van der Waals surface area contributed by atoms with Gasteiger partial charge in [0.1, 0.15) is 5.82 Å². The molecule has 0 saturated heterocycles. The van der Waals surface area contributed by atoms with Gasteiger partial charge in [-0.05, 0) is 49.9 Å². The van der Waals surface area contributed by atoms with E-state index in [1.807, 2.05) is 13.0 Å². The van der Waals surface area contributed by atoms with E-state index in [0.29, 0.717) is 6.04 Å². The molecule has 122 valence electrons. The molecule has 0 saturated carbocycles. The van der Waals surface area contributed by atoms with Crippen LogP contribution >= 0.6 is 11.6 Å². The van der Waals surface area contributed by atoms with Crippen molar-refractivity contribution in [1.29, 1.82) is 0 Å². The molecule has 0 fully saturated rings. The first-order valence-electron chi connectivity index (χ1n) is 8.19. The van der Waals surface area contributed by atoms with Crippen LogP contribution in [-0.2, 0) is 13.0 Å². The van der Waals surface area contributed by atoms with Crippen molar-refractivity contribution >= 4 is 23.4 Å². The van der Waals surface area contributed by atoms with Crippen LogP contribution in [0.15, 0.2) is 24.3 Å². The molecule has 1 aliphatic rings. The Labute approximate surface area is 142 Å². The summed E-state index contributed by atoms with van der Waals surface area (Å²) in [5.74, 6) is 1.71. The number of aryl methyl sites for hydroxylation is 1. The van der Waals surface area contributed by atoms with Crippen LogP contribution in [0.3, 0.4) is 0 Å². The molecule has 1 aromatic carbocycles. The number of nitrogens with one attached hydrogen (secondary N) is 1. The van der Waals surface area contributed by atoms with Crippen LogP contribution in [-0.4, -0.2) is 22.6 Å². The topological polar surface area (TPSA) is 41.1 Å². The van der Waals surface area contributed by atoms with Gasteiger partial charge in [0.25, 0.3) is 0 Å². The molecular formula is C18H23ClN4. The summed E-state index contributed by atoms with van der Waals surface area (Å²) in [6.07, 6.45) is 2.04. The molecule has 1 atom stereocenters. The van der Waals surface area contributed by atoms with E-state index in [0.717, 1.165) is 48.4 Å². The number of halogens is 1. The number of aromatic nitrogens is 2. The second-order valence-electron chi connectivity index (χ2n) is 6.23. The van der Waals surface area contributed by atoms with Gasteiger partial charge in [0.15, 0.2) is 0 Å². The maximum Gasteiger partial charge on any atom is 0.225 e. The average molecular weight is 331 g/mol. The van der Waals surface area contributed by atoms with Gasteiger partial charge in [-0.1, -0.05) is 24.6 Å². The minimum absolute atomic E-state index is 0.369. The maximum atomic E-state index is 6.09. The number of hydrogen-bond donors (Lipinski definition) is 1. The summed E-state index contributed by atoms with van der Waals surface area (Å²) in [6.45, 7) is 8.14. The smallest absolute Gasteiger partial charge is 0.225 e. The molecule has 5 heteroatoms. The highest BCUT2D eigenvalue weighted by molar-refractivity contribution is 6.30. The predicted octanol–water partition coefficient (Wildman–Crippen LogP) is 4.21. The third kappa shape index (κ3) is 3.75. The lowest BCUT2D eigenvalue weighted by Gasteiger charge is -2.30. The van der Waals surface area contributed by atoms with E-state index in [9.17, 15) is 0 Å². The lowest BCUT2D eigenvalue weighted by atomic mass is 10.00. The van der Waals surface area contributed by atoms with Crippen LogP contribution in [0.5, 0.6) is 0 Å². The second kappa shape index (κ2) is 6.75. The summed E-state index contributed by atoms with van der Waals surface area (Å²) in [7, 11) is 0. The molecule has 2 aromatic rings. The monoisotopic (exact) mass is 330 g/mol. The number of nitrogens with zero attached hydrogens (tertiary/aromatic N) is 3. The van der Waals surface area contributed by atoms with Gasteiger partial charge in [0.2, 0.25) is 5.95 Å². The molecule has 0 spiro atoms. The molecule has 3 rings (SSSR count). The molecule has 0 unspecified atom stereocenters. The van der Waals surface area contributed by atoms with Crippen LogP contribution < -0.4 is 10.2 Å². The summed E-state index contributed by atoms with van der Waals surface area (Å²) < 4.78 is 0. The Morgan fingerprint density at radius 1 is 1.26 bits per heavy atom. The lowest BCUT2D eigenvalue weighted by molar-refractivity contribution is 0.713. The Balaban J connectivity index is 1.83. The number of benzene rings is 1. The van der Waals surface area contributed by atoms with E-state index in [4.69, 9.17) is 16.6 Å². The van der Waals surface area contributed by atoms with Crippen LogP contribution in [0.25, 0.3) is 0 Å². The van der Waals surface area contributed by atoms with Crippen molar-refractivity contribution in [2.75, 3.05) is 16.8 Å². The normalized spacial score (nSPS) is 15.2. The highest BCUT2D eigenvalue weighted by Gasteiger charge is 2.19. The average Bonchev–Trinajstić information content (AvgIpc) is 2.53. The van der Waals surface area contributed by atoms with Crippen LogP contribution in [0.2, 0.25) is 5.02 Å². The minimum Gasteiger partial charge on any atom is -0.352 e. The Kier molecular flexibility index (Phi) is 4.71. The number of fused-ring (bicyclic) bond motifs is 1. The predicted molar refractivity (Wildman–Crippen MR) is 96.4 cm³/mol. The molecule has 2 heterocycles. The van der Waals surface area contributed by atoms with Gasteiger partial charge in [-0.2, -0.15) is 4.98 Å². The number of anilines is 2. The van der Waals surface area contributed by atoms with Gasteiger partial charge >= 0.3 is 0 Å². The van der Waals surface area contributed by atoms with E-state index in [1.165, 1.54) is 11.1 Å². The standard InChI is InChI=1S/C18H23ClN4/c1-4-12(2)20-18-21-13(3)9-17(22-18)23-8-7-14-10-16(19)6-5-15(14)11-23/h5-6,9-10,12H,4,7-8,11H2,1-3H3,(H,20,21,22)/t12-/m0/s1. The van der Waals surface area contributed by atoms with E-state index in [2.05, 4.69) is 47.2 Å². The van der Waals surface area contributed by atoms with Crippen LogP contribution in [0.4, 0.5) is 11.8 Å². The number of hydrogen-bond acceptors (Lipinski definition) is 4. The zero-order valence-electron chi connectivity index (χ0n) is 13.9. The quantitative estimate of drug-likeness (QED) is 0.911. The van der Waals surface area contributed by atoms with E-state index >= 15 is 0 Å². The molecule has 0 aliphatic carbocycles. The lowest BCUT2D eigenvalue weighted by Crippen LogP contribution is -2.31. The van der Waals surface area contributed by atoms with Crippen molar-refractivity contribution in [3.63, 3.8) is 0 Å². The van der Waals surface area contributed by atoms with E-state index in [-0.39, 0.29) is 0 Å². The van der Waals surface area contributed by atoms with Gasteiger partial charge < -0.3 is 10.2 Å². The fraction of sp³-hybridized carbons (Fsp3) is 0.444. The fourth-order valence-corrected chi connectivity index (χ4v) is 3.01. The Morgan fingerprint density at radius 3 is 2.87 bits per heavy atom. The first-order valence-corrected chi connectivity index (χ1v) is 8.57. The van der Waals surface area contributed by atoms with Crippen molar-refractivity contribution in [1.82, 2.24) is 9.97 Å². The Morgan fingerprint density at radius 2 is 2.09 bits per heavy atom. The van der Waals surface area contributed by atoms with Crippen LogP contribution in [0, 0.1) is 6.92 Å². The summed E-state index contributed by atoms with van der Waals surface area (Å²) in [5, 5.41) is 4.19. The second-order valence-corrected chi connectivity index (χ2v) is 6.67. The van der Waals surface area contributed by atoms with Gasteiger partial charge in [-0.25, -0.2) is 4.98 Å². The minimum atomic E-state index is 0.369. The molecule has 0 radical (unpaired) electrons. The molecule has 4 nitrogen and oxygen atoms in total. The molecule has 0 amide bonds. The SMILES string of the molecule is CC[C@H](C)Nc1nc(C)cc(N2CCc3cc(Cl)ccc3C2)n1. The molecule has 23 heavy (non-hydrogen) atoms. The number of rotatable bonds is 4. The highest BCUT2D eigenvalue weighted by atomic mass is 35.5. The fourth-order valence-electron chi connectivity index (χ4n) is 2.82. The van der Waals surface area contributed by atoms with Gasteiger partial charge in [-0.3, -0.25) is 0 Å². The molecule has 1 aromatic heterocycles. The third-order valence-corrected chi connectivity index (χ3v) is 4.57. The molecular weight excluding hydrogens is 308 g/mol. The Bertz CT molecular complexity index is 701. The van der Waals surface area contributed by atoms with Crippen molar-refractivity contribution in [3.05, 3.63) is 46.1 Å². The van der Waals surface area contributed by atoms with Crippen molar-refractivity contribution in [2.24, 2.45) is 0 Å². The summed E-state index contributed by atoms with van der Waals surface area (Å²) >= 11 is 6.09. The zero-order chi connectivity index (χ0) is 16.4. The first kappa shape index (κ1) is 16.1. The summed E-state index contributed by atoms with van der Waals surface area (Å²) in [5.41, 5.74) is 3.66. The van der Waals surface area contributed by atoms with E-state index in [1.54, 1.807) is 0 Å². The zero-order valence-corrected chi connectivity index (χ0v) is 14.7. The summed E-state index contributed by atoms with van der Waals surface area (Å²) in [6, 6.07) is 8.59. The first-order chi connectivity index (χ1) is 11.0. The Hall–Kier alpha value is -1.81. The van der Waals surface area contributed by atoms with Gasteiger partial charge in [0.05, 0.1) is 0 Å². The maximum absolute atomic E-state index is 6.09. The largest absolute Gasteiger partial charge is 0.352 e. The van der Waals surface area contributed by atoms with E-state index < -0.39 is 0 Å². The molecule has 1 N–H and O–H groups in total. The molecule has 0 bridgehead atoms.